The number of carbonyl (C=O) groups is 1. The number of hydrogen-bond donors (Lipinski definition) is 0. The van der Waals surface area contributed by atoms with Crippen LogP contribution in [-0.2, 0) is 23.7 Å². The van der Waals surface area contributed by atoms with Crippen molar-refractivity contribution in [1.82, 2.24) is 0 Å². The summed E-state index contributed by atoms with van der Waals surface area (Å²) in [4.78, 5) is 12.1. The molecule has 0 aromatic carbocycles. The monoisotopic (exact) mass is 408 g/mol. The maximum absolute atomic E-state index is 12.1. The maximum Gasteiger partial charge on any atom is 0.306 e. The van der Waals surface area contributed by atoms with Crippen molar-refractivity contribution in [3.05, 3.63) is 11.8 Å². The molecule has 166 valence electrons. The first-order valence-corrected chi connectivity index (χ1v) is 11.6. The lowest BCUT2D eigenvalue weighted by atomic mass is 9.81. The molecule has 2 aliphatic heterocycles. The molecule has 5 heteroatoms. The summed E-state index contributed by atoms with van der Waals surface area (Å²) in [6.45, 7) is 8.16. The van der Waals surface area contributed by atoms with E-state index in [-0.39, 0.29) is 29.5 Å². The average molecular weight is 409 g/mol. The molecular formula is C24H40O5. The van der Waals surface area contributed by atoms with Crippen LogP contribution in [0.25, 0.3) is 0 Å². The highest BCUT2D eigenvalue weighted by molar-refractivity contribution is 5.73. The third-order valence-corrected chi connectivity index (χ3v) is 6.87. The van der Waals surface area contributed by atoms with Crippen LogP contribution in [0.2, 0.25) is 0 Å². The van der Waals surface area contributed by atoms with Crippen molar-refractivity contribution in [2.45, 2.75) is 96.9 Å². The van der Waals surface area contributed by atoms with E-state index in [0.29, 0.717) is 13.0 Å². The minimum absolute atomic E-state index is 0.0912. The SMILES string of the molecule is CCCCC(C)(C)CC(=CC1CCC2(COC)OC(=O)CC12)OC1CCCCO1. The fourth-order valence-electron chi connectivity index (χ4n) is 5.32. The van der Waals surface area contributed by atoms with Crippen LogP contribution in [0.15, 0.2) is 11.8 Å². The minimum atomic E-state index is -0.447. The van der Waals surface area contributed by atoms with Gasteiger partial charge in [0.2, 0.25) is 0 Å². The van der Waals surface area contributed by atoms with Gasteiger partial charge in [-0.15, -0.1) is 0 Å². The Morgan fingerprint density at radius 1 is 1.31 bits per heavy atom. The summed E-state index contributed by atoms with van der Waals surface area (Å²) in [7, 11) is 1.69. The predicted molar refractivity (Wildman–Crippen MR) is 112 cm³/mol. The van der Waals surface area contributed by atoms with Crippen molar-refractivity contribution >= 4 is 5.97 Å². The lowest BCUT2D eigenvalue weighted by Gasteiger charge is -2.31. The molecule has 0 spiro atoms. The van der Waals surface area contributed by atoms with Gasteiger partial charge < -0.3 is 18.9 Å². The minimum Gasteiger partial charge on any atom is -0.470 e. The Morgan fingerprint density at radius 3 is 2.83 bits per heavy atom. The van der Waals surface area contributed by atoms with E-state index in [2.05, 4.69) is 26.8 Å². The van der Waals surface area contributed by atoms with Crippen LogP contribution in [0, 0.1) is 17.3 Å². The van der Waals surface area contributed by atoms with Crippen LogP contribution in [0.1, 0.15) is 85.0 Å². The quantitative estimate of drug-likeness (QED) is 0.359. The summed E-state index contributed by atoms with van der Waals surface area (Å²) >= 11 is 0. The van der Waals surface area contributed by atoms with E-state index < -0.39 is 5.60 Å². The normalized spacial score (nSPS) is 32.9. The highest BCUT2D eigenvalue weighted by atomic mass is 16.7. The van der Waals surface area contributed by atoms with Crippen LogP contribution in [0.4, 0.5) is 0 Å². The number of fused-ring (bicyclic) bond motifs is 1. The van der Waals surface area contributed by atoms with Crippen molar-refractivity contribution in [3.63, 3.8) is 0 Å². The summed E-state index contributed by atoms with van der Waals surface area (Å²) in [5.41, 5.74) is -0.266. The van der Waals surface area contributed by atoms with Gasteiger partial charge in [-0.05, 0) is 49.5 Å². The van der Waals surface area contributed by atoms with Gasteiger partial charge in [-0.2, -0.15) is 0 Å². The zero-order valence-corrected chi connectivity index (χ0v) is 18.8. The van der Waals surface area contributed by atoms with Crippen molar-refractivity contribution < 1.29 is 23.7 Å². The van der Waals surface area contributed by atoms with E-state index in [9.17, 15) is 4.79 Å². The standard InChI is InChI=1S/C24H40O5/c1-5-6-11-23(2,3)16-19(28-22-9-7-8-13-27-22)14-18-10-12-24(17-26-4)20(18)15-21(25)29-24/h14,18,20,22H,5-13,15-17H2,1-4H3. The van der Waals surface area contributed by atoms with E-state index in [1.165, 1.54) is 19.3 Å². The van der Waals surface area contributed by atoms with E-state index in [0.717, 1.165) is 50.9 Å². The van der Waals surface area contributed by atoms with Crippen LogP contribution in [0.5, 0.6) is 0 Å². The first-order chi connectivity index (χ1) is 13.9. The topological polar surface area (TPSA) is 54.0 Å². The zero-order valence-electron chi connectivity index (χ0n) is 18.8. The molecule has 29 heavy (non-hydrogen) atoms. The second kappa shape index (κ2) is 9.82. The number of allylic oxidation sites excluding steroid dienone is 2. The molecule has 2 saturated heterocycles. The van der Waals surface area contributed by atoms with Crippen molar-refractivity contribution in [2.24, 2.45) is 17.3 Å². The molecule has 4 unspecified atom stereocenters. The molecule has 3 aliphatic rings. The Kier molecular flexibility index (Phi) is 7.66. The largest absolute Gasteiger partial charge is 0.470 e. The average Bonchev–Trinajstić information content (AvgIpc) is 3.15. The highest BCUT2D eigenvalue weighted by Crippen LogP contribution is 2.50. The number of ether oxygens (including phenoxy) is 4. The Morgan fingerprint density at radius 2 is 2.14 bits per heavy atom. The van der Waals surface area contributed by atoms with Crippen molar-refractivity contribution in [1.29, 1.82) is 0 Å². The molecule has 0 radical (unpaired) electrons. The van der Waals surface area contributed by atoms with Crippen LogP contribution in [0.3, 0.4) is 0 Å². The number of hydrogen-bond acceptors (Lipinski definition) is 5. The molecule has 3 rings (SSSR count). The third-order valence-electron chi connectivity index (χ3n) is 6.87. The van der Waals surface area contributed by atoms with Gasteiger partial charge in [-0.3, -0.25) is 4.79 Å². The smallest absolute Gasteiger partial charge is 0.306 e. The third kappa shape index (κ3) is 5.75. The van der Waals surface area contributed by atoms with Gasteiger partial charge in [0.15, 0.2) is 6.29 Å². The van der Waals surface area contributed by atoms with E-state index in [1.54, 1.807) is 7.11 Å². The predicted octanol–water partition coefficient (Wildman–Crippen LogP) is 5.38. The van der Waals surface area contributed by atoms with Gasteiger partial charge in [0.1, 0.15) is 5.60 Å². The Balaban J connectivity index is 1.76. The number of methoxy groups -OCH3 is 1. The number of carbonyl (C=O) groups excluding carboxylic acids is 1. The van der Waals surface area contributed by atoms with E-state index in [1.807, 2.05) is 0 Å². The summed E-state index contributed by atoms with van der Waals surface area (Å²) in [6.07, 6.45) is 12.3. The maximum atomic E-state index is 12.1. The van der Waals surface area contributed by atoms with Gasteiger partial charge in [0.25, 0.3) is 0 Å². The van der Waals surface area contributed by atoms with Gasteiger partial charge in [0.05, 0.1) is 25.4 Å². The first-order valence-electron chi connectivity index (χ1n) is 11.6. The molecular weight excluding hydrogens is 368 g/mol. The number of unbranched alkanes of at least 4 members (excludes halogenated alkanes) is 1. The van der Waals surface area contributed by atoms with Crippen LogP contribution in [-0.4, -0.2) is 38.2 Å². The molecule has 1 saturated carbocycles. The molecule has 0 amide bonds. The second-order valence-corrected chi connectivity index (χ2v) is 9.98. The van der Waals surface area contributed by atoms with Crippen LogP contribution < -0.4 is 0 Å². The molecule has 2 heterocycles. The molecule has 0 N–H and O–H groups in total. The first kappa shape index (κ1) is 22.6. The Labute approximate surface area is 176 Å². The molecule has 0 aromatic rings. The van der Waals surface area contributed by atoms with E-state index >= 15 is 0 Å². The molecule has 0 aromatic heterocycles. The van der Waals surface area contributed by atoms with E-state index in [4.69, 9.17) is 18.9 Å². The Hall–Kier alpha value is -1.07. The summed E-state index contributed by atoms with van der Waals surface area (Å²) < 4.78 is 23.5. The van der Waals surface area contributed by atoms with Crippen molar-refractivity contribution in [2.75, 3.05) is 20.3 Å². The lowest BCUT2D eigenvalue weighted by molar-refractivity contribution is -0.153. The number of esters is 1. The summed E-state index contributed by atoms with van der Waals surface area (Å²) in [5.74, 6) is 1.42. The molecule has 0 bridgehead atoms. The molecule has 1 aliphatic carbocycles. The number of rotatable bonds is 10. The summed E-state index contributed by atoms with van der Waals surface area (Å²) in [6, 6.07) is 0. The lowest BCUT2D eigenvalue weighted by Crippen LogP contribution is -2.37. The fourth-order valence-corrected chi connectivity index (χ4v) is 5.32. The highest BCUT2D eigenvalue weighted by Gasteiger charge is 2.56. The molecule has 3 fully saturated rings. The fraction of sp³-hybridized carbons (Fsp3) is 0.875. The van der Waals surface area contributed by atoms with Crippen molar-refractivity contribution in [3.8, 4) is 0 Å². The van der Waals surface area contributed by atoms with Crippen LogP contribution >= 0.6 is 0 Å². The molecule has 4 atom stereocenters. The second-order valence-electron chi connectivity index (χ2n) is 9.98. The zero-order chi connectivity index (χ0) is 20.9. The van der Waals surface area contributed by atoms with Gasteiger partial charge in [-0.1, -0.05) is 33.6 Å². The summed E-state index contributed by atoms with van der Waals surface area (Å²) in [5, 5.41) is 0. The van der Waals surface area contributed by atoms with Gasteiger partial charge in [-0.25, -0.2) is 0 Å². The molecule has 5 nitrogen and oxygen atoms in total. The van der Waals surface area contributed by atoms with Gasteiger partial charge >= 0.3 is 5.97 Å². The van der Waals surface area contributed by atoms with Gasteiger partial charge in [0, 0.05) is 25.9 Å². The Bertz CT molecular complexity index is 578.